The van der Waals surface area contributed by atoms with E-state index in [1.807, 2.05) is 32.0 Å². The Hall–Kier alpha value is -2.14. The maximum Gasteiger partial charge on any atom is 0.233 e. The van der Waals surface area contributed by atoms with Crippen molar-refractivity contribution in [3.05, 3.63) is 53.1 Å². The fourth-order valence-electron chi connectivity index (χ4n) is 2.78. The maximum absolute atomic E-state index is 12.6. The molecule has 5 heteroatoms. The van der Waals surface area contributed by atoms with Crippen LogP contribution in [0.25, 0.3) is 0 Å². The molecule has 4 nitrogen and oxygen atoms in total. The van der Waals surface area contributed by atoms with Gasteiger partial charge in [-0.05, 0) is 57.0 Å². The van der Waals surface area contributed by atoms with Gasteiger partial charge >= 0.3 is 0 Å². The van der Waals surface area contributed by atoms with E-state index in [1.54, 1.807) is 14.2 Å². The smallest absolute Gasteiger partial charge is 0.233 e. The predicted molar refractivity (Wildman–Crippen MR) is 107 cm³/mol. The van der Waals surface area contributed by atoms with Gasteiger partial charge in [-0.2, -0.15) is 0 Å². The molecule has 2 unspecified atom stereocenters. The van der Waals surface area contributed by atoms with Crippen LogP contribution in [0.3, 0.4) is 0 Å². The van der Waals surface area contributed by atoms with Crippen LogP contribution in [0.4, 0.5) is 0 Å². The summed E-state index contributed by atoms with van der Waals surface area (Å²) in [5, 5.41) is 2.90. The molecular formula is C21H27NO3S. The summed E-state index contributed by atoms with van der Waals surface area (Å²) in [6.45, 7) is 8.06. The van der Waals surface area contributed by atoms with Crippen LogP contribution < -0.4 is 14.8 Å². The lowest BCUT2D eigenvalue weighted by molar-refractivity contribution is -0.120. The van der Waals surface area contributed by atoms with E-state index in [1.165, 1.54) is 22.9 Å². The number of carbonyl (C=O) groups excluding carboxylic acids is 1. The average molecular weight is 374 g/mol. The SMILES string of the molecule is COc1ccc(SC(C)C(=O)NC(C)c2cc(C)ccc2C)cc1OC. The first-order valence-electron chi connectivity index (χ1n) is 8.62. The summed E-state index contributed by atoms with van der Waals surface area (Å²) in [6, 6.07) is 12.0. The van der Waals surface area contributed by atoms with Gasteiger partial charge in [-0.3, -0.25) is 4.79 Å². The molecule has 1 amide bonds. The zero-order valence-corrected chi connectivity index (χ0v) is 17.1. The number of thioether (sulfide) groups is 1. The Morgan fingerprint density at radius 2 is 1.69 bits per heavy atom. The largest absolute Gasteiger partial charge is 0.493 e. The Morgan fingerprint density at radius 1 is 1.00 bits per heavy atom. The highest BCUT2D eigenvalue weighted by molar-refractivity contribution is 8.00. The number of rotatable bonds is 7. The summed E-state index contributed by atoms with van der Waals surface area (Å²) in [7, 11) is 3.21. The van der Waals surface area contributed by atoms with Gasteiger partial charge in [-0.25, -0.2) is 0 Å². The van der Waals surface area contributed by atoms with Gasteiger partial charge in [0.15, 0.2) is 11.5 Å². The topological polar surface area (TPSA) is 47.6 Å². The van der Waals surface area contributed by atoms with Crippen molar-refractivity contribution in [1.82, 2.24) is 5.32 Å². The van der Waals surface area contributed by atoms with Gasteiger partial charge in [0.05, 0.1) is 25.5 Å². The van der Waals surface area contributed by atoms with E-state index in [-0.39, 0.29) is 17.2 Å². The summed E-state index contributed by atoms with van der Waals surface area (Å²) in [6.07, 6.45) is 0. The van der Waals surface area contributed by atoms with E-state index in [2.05, 4.69) is 37.4 Å². The number of aryl methyl sites for hydroxylation is 2. The summed E-state index contributed by atoms with van der Waals surface area (Å²) >= 11 is 1.50. The number of benzene rings is 2. The molecule has 2 aromatic rings. The first kappa shape index (κ1) is 20.2. The first-order chi connectivity index (χ1) is 12.3. The molecule has 0 spiro atoms. The van der Waals surface area contributed by atoms with Crippen LogP contribution in [-0.2, 0) is 4.79 Å². The summed E-state index contributed by atoms with van der Waals surface area (Å²) in [5.41, 5.74) is 3.53. The minimum Gasteiger partial charge on any atom is -0.493 e. The van der Waals surface area contributed by atoms with Crippen LogP contribution in [-0.4, -0.2) is 25.4 Å². The van der Waals surface area contributed by atoms with Crippen molar-refractivity contribution in [3.63, 3.8) is 0 Å². The minimum atomic E-state index is -0.222. The maximum atomic E-state index is 12.6. The van der Waals surface area contributed by atoms with E-state index >= 15 is 0 Å². The molecule has 26 heavy (non-hydrogen) atoms. The molecule has 0 aliphatic heterocycles. The van der Waals surface area contributed by atoms with Crippen LogP contribution in [0.15, 0.2) is 41.3 Å². The number of hydrogen-bond donors (Lipinski definition) is 1. The molecule has 1 N–H and O–H groups in total. The van der Waals surface area contributed by atoms with E-state index < -0.39 is 0 Å². The molecule has 140 valence electrons. The lowest BCUT2D eigenvalue weighted by atomic mass is 10.00. The Balaban J connectivity index is 2.04. The Kier molecular flexibility index (Phi) is 6.98. The second-order valence-corrected chi connectivity index (χ2v) is 7.78. The number of methoxy groups -OCH3 is 2. The van der Waals surface area contributed by atoms with Crippen molar-refractivity contribution in [2.24, 2.45) is 0 Å². The molecule has 0 aliphatic rings. The summed E-state index contributed by atoms with van der Waals surface area (Å²) < 4.78 is 10.6. The van der Waals surface area contributed by atoms with Crippen molar-refractivity contribution >= 4 is 17.7 Å². The van der Waals surface area contributed by atoms with E-state index in [9.17, 15) is 4.79 Å². The number of ether oxygens (including phenoxy) is 2. The fourth-order valence-corrected chi connectivity index (χ4v) is 3.69. The normalized spacial score (nSPS) is 13.0. The Labute approximate surface area is 160 Å². The Bertz CT molecular complexity index is 776. The quantitative estimate of drug-likeness (QED) is 0.716. The molecular weight excluding hydrogens is 346 g/mol. The van der Waals surface area contributed by atoms with Gasteiger partial charge in [0, 0.05) is 4.90 Å². The predicted octanol–water partition coefficient (Wildman–Crippen LogP) is 4.68. The van der Waals surface area contributed by atoms with Crippen molar-refractivity contribution in [2.75, 3.05) is 14.2 Å². The second-order valence-electron chi connectivity index (χ2n) is 6.37. The highest BCUT2D eigenvalue weighted by Gasteiger charge is 2.19. The second kappa shape index (κ2) is 8.99. The third-order valence-electron chi connectivity index (χ3n) is 4.30. The number of nitrogens with one attached hydrogen (secondary N) is 1. The van der Waals surface area contributed by atoms with Crippen molar-refractivity contribution in [2.45, 2.75) is 43.9 Å². The van der Waals surface area contributed by atoms with E-state index in [0.717, 1.165) is 10.5 Å². The molecule has 2 rings (SSSR count). The van der Waals surface area contributed by atoms with Gasteiger partial charge in [-0.1, -0.05) is 23.8 Å². The number of carbonyl (C=O) groups is 1. The standard InChI is InChI=1S/C21H27NO3S/c1-13-7-8-14(2)18(11-13)15(3)22-21(23)16(4)26-17-9-10-19(24-5)20(12-17)25-6/h7-12,15-16H,1-6H3,(H,22,23). The molecule has 0 radical (unpaired) electrons. The first-order valence-corrected chi connectivity index (χ1v) is 9.50. The zero-order valence-electron chi connectivity index (χ0n) is 16.3. The molecule has 0 heterocycles. The minimum absolute atomic E-state index is 0.0122. The van der Waals surface area contributed by atoms with Crippen molar-refractivity contribution in [1.29, 1.82) is 0 Å². The molecule has 0 bridgehead atoms. The van der Waals surface area contributed by atoms with Crippen LogP contribution in [0.2, 0.25) is 0 Å². The van der Waals surface area contributed by atoms with Gasteiger partial charge in [0.1, 0.15) is 0 Å². The Morgan fingerprint density at radius 3 is 2.35 bits per heavy atom. The van der Waals surface area contributed by atoms with Crippen LogP contribution in [0.5, 0.6) is 11.5 Å². The molecule has 0 saturated heterocycles. The summed E-state index contributed by atoms with van der Waals surface area (Å²) in [5.74, 6) is 1.35. The van der Waals surface area contributed by atoms with E-state index in [4.69, 9.17) is 9.47 Å². The van der Waals surface area contributed by atoms with Crippen LogP contribution in [0, 0.1) is 13.8 Å². The van der Waals surface area contributed by atoms with Gasteiger partial charge in [0.2, 0.25) is 5.91 Å². The third-order valence-corrected chi connectivity index (χ3v) is 5.39. The lowest BCUT2D eigenvalue weighted by Gasteiger charge is -2.20. The van der Waals surface area contributed by atoms with Crippen molar-refractivity contribution in [3.8, 4) is 11.5 Å². The monoisotopic (exact) mass is 373 g/mol. The molecule has 0 fully saturated rings. The number of amides is 1. The van der Waals surface area contributed by atoms with Gasteiger partial charge < -0.3 is 14.8 Å². The van der Waals surface area contributed by atoms with Crippen LogP contribution in [0.1, 0.15) is 36.6 Å². The highest BCUT2D eigenvalue weighted by atomic mass is 32.2. The fraction of sp³-hybridized carbons (Fsp3) is 0.381. The molecule has 2 atom stereocenters. The number of hydrogen-bond acceptors (Lipinski definition) is 4. The van der Waals surface area contributed by atoms with Crippen molar-refractivity contribution < 1.29 is 14.3 Å². The van der Waals surface area contributed by atoms with E-state index in [0.29, 0.717) is 11.5 Å². The molecule has 0 aliphatic carbocycles. The average Bonchev–Trinajstić information content (AvgIpc) is 2.63. The lowest BCUT2D eigenvalue weighted by Crippen LogP contribution is -2.33. The molecule has 2 aromatic carbocycles. The van der Waals surface area contributed by atoms with Crippen LogP contribution >= 0.6 is 11.8 Å². The molecule has 0 saturated carbocycles. The third kappa shape index (κ3) is 4.94. The highest BCUT2D eigenvalue weighted by Crippen LogP contribution is 2.33. The molecule has 0 aromatic heterocycles. The summed E-state index contributed by atoms with van der Waals surface area (Å²) in [4.78, 5) is 13.6. The van der Waals surface area contributed by atoms with Gasteiger partial charge in [0.25, 0.3) is 0 Å². The van der Waals surface area contributed by atoms with Gasteiger partial charge in [-0.15, -0.1) is 11.8 Å². The zero-order chi connectivity index (χ0) is 19.3.